The van der Waals surface area contributed by atoms with E-state index in [-0.39, 0.29) is 39.8 Å². The van der Waals surface area contributed by atoms with Gasteiger partial charge in [0, 0.05) is 48.5 Å². The van der Waals surface area contributed by atoms with Crippen molar-refractivity contribution in [2.24, 2.45) is 22.4 Å². The maximum Gasteiger partial charge on any atom is 0.300 e. The van der Waals surface area contributed by atoms with Crippen molar-refractivity contribution in [3.63, 3.8) is 0 Å². The molecule has 2 N–H and O–H groups in total. The first-order valence-electron chi connectivity index (χ1n) is 21.3. The molecule has 0 spiro atoms. The van der Waals surface area contributed by atoms with E-state index in [2.05, 4.69) is 107 Å². The summed E-state index contributed by atoms with van der Waals surface area (Å²) in [6.07, 6.45) is 11.3. The van der Waals surface area contributed by atoms with Crippen molar-refractivity contribution in [2.75, 3.05) is 39.2 Å². The van der Waals surface area contributed by atoms with Crippen LogP contribution in [0.2, 0.25) is 0 Å². The van der Waals surface area contributed by atoms with E-state index in [0.717, 1.165) is 80.4 Å². The zero-order valence-corrected chi connectivity index (χ0v) is 35.9. The largest absolute Gasteiger partial charge is 0.496 e. The molecule has 7 rings (SSSR count). The summed E-state index contributed by atoms with van der Waals surface area (Å²) in [5.74, 6) is 2.86. The highest BCUT2D eigenvalue weighted by atomic mass is 16.6. The summed E-state index contributed by atoms with van der Waals surface area (Å²) in [6.45, 7) is 11.0. The molecule has 320 valence electrons. The molecule has 14 heteroatoms. The van der Waals surface area contributed by atoms with Gasteiger partial charge in [-0.25, -0.2) is 4.63 Å². The Morgan fingerprint density at radius 3 is 2.40 bits per heavy atom. The molecule has 3 aliphatic rings. The third-order valence-electron chi connectivity index (χ3n) is 13.4. The van der Waals surface area contributed by atoms with E-state index in [1.54, 1.807) is 20.3 Å². The highest BCUT2D eigenvalue weighted by Crippen LogP contribution is 2.65. The van der Waals surface area contributed by atoms with Crippen LogP contribution in [0.4, 0.5) is 11.4 Å². The van der Waals surface area contributed by atoms with E-state index in [4.69, 9.17) is 19.6 Å². The minimum atomic E-state index is -0.501. The number of nitro groups is 1. The number of benzene rings is 3. The molecule has 0 radical (unpaired) electrons. The smallest absolute Gasteiger partial charge is 0.300 e. The van der Waals surface area contributed by atoms with Gasteiger partial charge in [0.05, 0.1) is 24.8 Å². The van der Waals surface area contributed by atoms with Crippen LogP contribution >= 0.6 is 0 Å². The van der Waals surface area contributed by atoms with Crippen LogP contribution in [0.15, 0.2) is 76.0 Å². The number of non-ortho nitro benzene ring substituents is 1. The lowest BCUT2D eigenvalue weighted by Crippen LogP contribution is -2.52. The first-order valence-corrected chi connectivity index (χ1v) is 21.3. The molecule has 3 aromatic carbocycles. The van der Waals surface area contributed by atoms with Crippen molar-refractivity contribution in [3.8, 4) is 11.5 Å². The number of rotatable bonds is 23. The van der Waals surface area contributed by atoms with Gasteiger partial charge in [-0.05, 0) is 106 Å². The minimum Gasteiger partial charge on any atom is -0.496 e. The minimum absolute atomic E-state index is 0.0574. The quantitative estimate of drug-likeness (QED) is 0.0139. The summed E-state index contributed by atoms with van der Waals surface area (Å²) >= 11 is 0. The number of anilines is 1. The Morgan fingerprint density at radius 1 is 1.02 bits per heavy atom. The Balaban J connectivity index is 1.08. The topological polar surface area (TPSA) is 190 Å². The summed E-state index contributed by atoms with van der Waals surface area (Å²) in [7, 11) is 3.50. The molecule has 1 aromatic heterocycles. The number of unbranched alkanes of at least 4 members (excludes halogenated alkanes) is 5. The summed E-state index contributed by atoms with van der Waals surface area (Å²) in [5, 5.41) is 29.0. The first kappa shape index (κ1) is 43.9. The first-order chi connectivity index (χ1) is 28.9. The Labute approximate surface area is 352 Å². The van der Waals surface area contributed by atoms with Gasteiger partial charge in [0.15, 0.2) is 5.52 Å². The van der Waals surface area contributed by atoms with Gasteiger partial charge >= 0.3 is 5.69 Å². The third kappa shape index (κ3) is 9.54. The maximum atomic E-state index is 13.1. The summed E-state index contributed by atoms with van der Waals surface area (Å²) in [6, 6.07) is 18.2. The van der Waals surface area contributed by atoms with E-state index in [0.29, 0.717) is 49.1 Å². The van der Waals surface area contributed by atoms with Gasteiger partial charge in [0.25, 0.3) is 0 Å². The fourth-order valence-electron chi connectivity index (χ4n) is 9.77. The Bertz CT molecular complexity index is 2170. The van der Waals surface area contributed by atoms with Crippen molar-refractivity contribution in [3.05, 3.63) is 103 Å². The number of fused-ring (bicyclic) bond motifs is 2. The molecular formula is C46H60N8O6. The number of allylic oxidation sites excluding steroid dienone is 1. The predicted molar refractivity (Wildman–Crippen MR) is 233 cm³/mol. The van der Waals surface area contributed by atoms with Crippen LogP contribution in [-0.4, -0.2) is 55.0 Å². The van der Waals surface area contributed by atoms with Crippen molar-refractivity contribution in [2.45, 2.75) is 109 Å². The Hall–Kier alpha value is -5.62. The number of nitro benzene ring substituents is 1. The zero-order chi connectivity index (χ0) is 42.9. The number of carbonyl (C=O) groups is 1. The average molecular weight is 821 g/mol. The second-order valence-electron chi connectivity index (χ2n) is 17.5. The van der Waals surface area contributed by atoms with Gasteiger partial charge in [-0.3, -0.25) is 14.9 Å². The molecule has 4 aromatic rings. The number of hydrogen-bond acceptors (Lipinski definition) is 10. The molecule has 3 aliphatic carbocycles. The van der Waals surface area contributed by atoms with Gasteiger partial charge < -0.3 is 20.1 Å². The Morgan fingerprint density at radius 2 is 1.72 bits per heavy atom. The van der Waals surface area contributed by atoms with Crippen LogP contribution in [0, 0.1) is 27.4 Å². The molecule has 1 amide bonds. The zero-order valence-electron chi connectivity index (χ0n) is 35.9. The molecule has 14 nitrogen and oxygen atoms in total. The van der Waals surface area contributed by atoms with Crippen LogP contribution in [0.1, 0.15) is 120 Å². The normalized spacial score (nSPS) is 18.4. The second kappa shape index (κ2) is 19.6. The molecular weight excluding hydrogens is 761 g/mol. The molecule has 1 fully saturated rings. The van der Waals surface area contributed by atoms with E-state index in [1.165, 1.54) is 17.2 Å². The van der Waals surface area contributed by atoms with Crippen LogP contribution in [0.25, 0.3) is 21.5 Å². The summed E-state index contributed by atoms with van der Waals surface area (Å²) in [5.41, 5.74) is 14.3. The summed E-state index contributed by atoms with van der Waals surface area (Å²) in [4.78, 5) is 26.8. The second-order valence-corrected chi connectivity index (χ2v) is 17.5. The number of aromatic nitrogens is 2. The SMILES string of the molecule is COc1cc(C(C)(C)[C@@H](CCCCCN=[N+]=[N-])c2ccccc2)cc(OC)c1[C@H]1C=C(CNC(=O)CCCCCCNc2ccc([N+](=O)[O-])c3nonc23)[C@H]2C[C@@H]1C2(C)C. The fraction of sp³-hybridized carbons (Fsp3) is 0.543. The van der Waals surface area contributed by atoms with Gasteiger partial charge in [-0.15, -0.1) is 0 Å². The van der Waals surface area contributed by atoms with E-state index < -0.39 is 4.92 Å². The van der Waals surface area contributed by atoms with Gasteiger partial charge in [-0.2, -0.15) is 0 Å². The van der Waals surface area contributed by atoms with Crippen LogP contribution in [0.3, 0.4) is 0 Å². The molecule has 60 heavy (non-hydrogen) atoms. The highest BCUT2D eigenvalue weighted by molar-refractivity contribution is 5.93. The number of methoxy groups -OCH3 is 2. The number of hydrogen-bond donors (Lipinski definition) is 2. The number of carbonyl (C=O) groups excluding carboxylic acids is 1. The maximum absolute atomic E-state index is 13.1. The number of ether oxygens (including phenoxy) is 2. The van der Waals surface area contributed by atoms with Crippen LogP contribution in [0.5, 0.6) is 11.5 Å². The molecule has 0 saturated heterocycles. The van der Waals surface area contributed by atoms with Crippen molar-refractivity contribution in [1.82, 2.24) is 15.6 Å². The van der Waals surface area contributed by atoms with Gasteiger partial charge in [0.1, 0.15) is 11.5 Å². The average Bonchev–Trinajstić information content (AvgIpc) is 3.75. The van der Waals surface area contributed by atoms with Gasteiger partial charge in [0.2, 0.25) is 11.4 Å². The third-order valence-corrected chi connectivity index (χ3v) is 13.4. The van der Waals surface area contributed by atoms with E-state index in [1.807, 2.05) is 0 Å². The monoisotopic (exact) mass is 820 g/mol. The summed E-state index contributed by atoms with van der Waals surface area (Å²) < 4.78 is 17.2. The lowest BCUT2D eigenvalue weighted by molar-refractivity contribution is -0.383. The molecule has 0 aliphatic heterocycles. The number of azide groups is 1. The van der Waals surface area contributed by atoms with Crippen molar-refractivity contribution < 1.29 is 23.8 Å². The standard InChI is InChI=1S/C46H60N8O6/c1-45(2,34(30-17-11-9-12-18-30)19-13-10-16-24-50-53-47)32-26-39(58-5)42(40(27-32)59-6)33-25-31(35-28-36(33)46(35,3)4)29-49-41(55)20-14-7-8-15-23-48-37-21-22-38(54(56)57)44-43(37)51-60-52-44/h9,11-12,17-18,21-22,25-27,33-36,48H,7-8,10,13-16,19-20,23-24,28-29H2,1-6H3,(H,49,55)/t33-,34-,35+,36-/m0/s1. The number of nitrogens with zero attached hydrogens (tertiary/aromatic N) is 6. The van der Waals surface area contributed by atoms with E-state index in [9.17, 15) is 14.9 Å². The fourth-order valence-corrected chi connectivity index (χ4v) is 9.77. The number of nitrogens with one attached hydrogen (secondary N) is 2. The Kier molecular flexibility index (Phi) is 14.4. The van der Waals surface area contributed by atoms with Crippen LogP contribution < -0.4 is 20.1 Å². The molecule has 1 saturated carbocycles. The molecule has 1 heterocycles. The van der Waals surface area contributed by atoms with E-state index >= 15 is 0 Å². The highest BCUT2D eigenvalue weighted by Gasteiger charge is 2.56. The number of amides is 1. The molecule has 2 bridgehead atoms. The van der Waals surface area contributed by atoms with Crippen molar-refractivity contribution >= 4 is 28.3 Å². The molecule has 4 atom stereocenters. The lowest BCUT2D eigenvalue weighted by atomic mass is 9.45. The van der Waals surface area contributed by atoms with Crippen LogP contribution in [-0.2, 0) is 10.2 Å². The lowest BCUT2D eigenvalue weighted by Gasteiger charge is -2.59. The molecule has 0 unspecified atom stereocenters. The van der Waals surface area contributed by atoms with Gasteiger partial charge in [-0.1, -0.05) is 100 Å². The predicted octanol–water partition coefficient (Wildman–Crippen LogP) is 10.9. The van der Waals surface area contributed by atoms with Crippen molar-refractivity contribution in [1.29, 1.82) is 0 Å².